The topological polar surface area (TPSA) is 35.2 Å². The van der Waals surface area contributed by atoms with Crippen LogP contribution in [0.15, 0.2) is 18.2 Å². The molecule has 2 N–H and O–H groups in total. The first-order valence-electron chi connectivity index (χ1n) is 3.49. The van der Waals surface area contributed by atoms with E-state index in [1.54, 1.807) is 6.07 Å². The van der Waals surface area contributed by atoms with Crippen LogP contribution in [0.25, 0.3) is 0 Å². The fourth-order valence-electron chi connectivity index (χ4n) is 0.932. The third kappa shape index (κ3) is 2.99. The van der Waals surface area contributed by atoms with E-state index < -0.39 is 0 Å². The van der Waals surface area contributed by atoms with Crippen molar-refractivity contribution in [3.05, 3.63) is 33.8 Å². The quantitative estimate of drug-likeness (QED) is 0.770. The minimum absolute atomic E-state index is 0.469. The van der Waals surface area contributed by atoms with Gasteiger partial charge in [-0.15, -0.1) is 0 Å². The number of rotatable bonds is 3. The van der Waals surface area contributed by atoms with E-state index in [1.165, 1.54) is 0 Å². The van der Waals surface area contributed by atoms with Crippen LogP contribution >= 0.6 is 23.2 Å². The molecular formula is C8H9Cl2NO. The summed E-state index contributed by atoms with van der Waals surface area (Å²) in [4.78, 5) is 4.44. The van der Waals surface area contributed by atoms with E-state index in [0.29, 0.717) is 16.7 Å². The molecule has 4 heteroatoms. The smallest absolute Gasteiger partial charge is 0.0719 e. The molecule has 0 aliphatic heterocycles. The molecule has 12 heavy (non-hydrogen) atoms. The van der Waals surface area contributed by atoms with Crippen LogP contribution in [0.1, 0.15) is 5.56 Å². The van der Waals surface area contributed by atoms with E-state index in [1.807, 2.05) is 12.1 Å². The molecule has 0 amide bonds. The zero-order valence-electron chi connectivity index (χ0n) is 6.39. The molecule has 66 valence electrons. The van der Waals surface area contributed by atoms with Crippen LogP contribution in [-0.4, -0.2) is 6.61 Å². The molecule has 0 radical (unpaired) electrons. The highest BCUT2D eigenvalue weighted by atomic mass is 35.5. The second-order valence-corrected chi connectivity index (χ2v) is 3.27. The lowest BCUT2D eigenvalue weighted by atomic mass is 10.2. The average molecular weight is 206 g/mol. The predicted molar refractivity (Wildman–Crippen MR) is 50.3 cm³/mol. The Labute approximate surface area is 81.2 Å². The summed E-state index contributed by atoms with van der Waals surface area (Å²) < 4.78 is 0. The normalized spacial score (nSPS) is 10.2. The van der Waals surface area contributed by atoms with Crippen molar-refractivity contribution >= 4 is 23.2 Å². The van der Waals surface area contributed by atoms with Gasteiger partial charge in [0.15, 0.2) is 0 Å². The zero-order chi connectivity index (χ0) is 8.97. The summed E-state index contributed by atoms with van der Waals surface area (Å²) in [6.45, 7) is 0.469. The molecule has 0 fully saturated rings. The molecule has 0 spiro atoms. The van der Waals surface area contributed by atoms with Crippen molar-refractivity contribution in [1.29, 1.82) is 0 Å². The van der Waals surface area contributed by atoms with E-state index in [-0.39, 0.29) is 0 Å². The average Bonchev–Trinajstić information content (AvgIpc) is 1.99. The Hall–Kier alpha value is -0.280. The largest absolute Gasteiger partial charge is 0.304 e. The first-order chi connectivity index (χ1) is 5.72. The first-order valence-corrected chi connectivity index (χ1v) is 4.24. The molecule has 0 unspecified atom stereocenters. The van der Waals surface area contributed by atoms with Gasteiger partial charge in [-0.1, -0.05) is 23.2 Å². The van der Waals surface area contributed by atoms with Gasteiger partial charge in [0, 0.05) is 10.0 Å². The molecule has 1 aromatic carbocycles. The van der Waals surface area contributed by atoms with Gasteiger partial charge in [0.1, 0.15) is 0 Å². The van der Waals surface area contributed by atoms with Gasteiger partial charge < -0.3 is 4.84 Å². The fraction of sp³-hybridized carbons (Fsp3) is 0.250. The van der Waals surface area contributed by atoms with Crippen LogP contribution < -0.4 is 5.90 Å². The summed E-state index contributed by atoms with van der Waals surface area (Å²) in [5.41, 5.74) is 1.03. The lowest BCUT2D eigenvalue weighted by Crippen LogP contribution is -2.03. The summed E-state index contributed by atoms with van der Waals surface area (Å²) in [6, 6.07) is 5.37. The predicted octanol–water partition coefficient (Wildman–Crippen LogP) is 2.43. The Balaban J connectivity index is 2.72. The molecule has 0 aromatic heterocycles. The summed E-state index contributed by atoms with van der Waals surface area (Å²) in [5.74, 6) is 4.89. The molecule has 0 aliphatic rings. The summed E-state index contributed by atoms with van der Waals surface area (Å²) in [5, 5.41) is 1.27. The lowest BCUT2D eigenvalue weighted by Gasteiger charge is -2.01. The molecule has 0 bridgehead atoms. The maximum Gasteiger partial charge on any atom is 0.0719 e. The van der Waals surface area contributed by atoms with Crippen LogP contribution in [0.2, 0.25) is 10.0 Å². The Bertz CT molecular complexity index is 245. The third-order valence-electron chi connectivity index (χ3n) is 1.43. The Kier molecular flexibility index (Phi) is 3.82. The van der Waals surface area contributed by atoms with Crippen molar-refractivity contribution in [2.45, 2.75) is 6.42 Å². The summed E-state index contributed by atoms with van der Waals surface area (Å²) >= 11 is 11.5. The second-order valence-electron chi connectivity index (χ2n) is 2.40. The molecule has 0 heterocycles. The van der Waals surface area contributed by atoms with Gasteiger partial charge in [-0.25, -0.2) is 5.90 Å². The van der Waals surface area contributed by atoms with Crippen LogP contribution in [0.5, 0.6) is 0 Å². The van der Waals surface area contributed by atoms with E-state index in [4.69, 9.17) is 29.1 Å². The number of benzene rings is 1. The SMILES string of the molecule is NOCCc1cc(Cl)cc(Cl)c1. The molecular weight excluding hydrogens is 197 g/mol. The van der Waals surface area contributed by atoms with Gasteiger partial charge in [-0.3, -0.25) is 0 Å². The minimum Gasteiger partial charge on any atom is -0.304 e. The molecule has 0 saturated carbocycles. The molecule has 0 saturated heterocycles. The van der Waals surface area contributed by atoms with Crippen LogP contribution in [0.4, 0.5) is 0 Å². The minimum atomic E-state index is 0.469. The van der Waals surface area contributed by atoms with Gasteiger partial charge in [0.25, 0.3) is 0 Å². The van der Waals surface area contributed by atoms with Gasteiger partial charge in [-0.05, 0) is 30.2 Å². The van der Waals surface area contributed by atoms with Crippen molar-refractivity contribution in [1.82, 2.24) is 0 Å². The highest BCUT2D eigenvalue weighted by Crippen LogP contribution is 2.19. The maximum absolute atomic E-state index is 5.77. The second kappa shape index (κ2) is 4.67. The van der Waals surface area contributed by atoms with Gasteiger partial charge in [-0.2, -0.15) is 0 Å². The summed E-state index contributed by atoms with van der Waals surface area (Å²) in [6.07, 6.45) is 0.719. The first kappa shape index (κ1) is 9.81. The number of hydrogen-bond donors (Lipinski definition) is 1. The number of hydrogen-bond acceptors (Lipinski definition) is 2. The number of nitrogens with two attached hydrogens (primary N) is 1. The van der Waals surface area contributed by atoms with Gasteiger partial charge in [0.05, 0.1) is 6.61 Å². The molecule has 1 rings (SSSR count). The van der Waals surface area contributed by atoms with E-state index in [0.717, 1.165) is 12.0 Å². The zero-order valence-corrected chi connectivity index (χ0v) is 7.90. The Morgan fingerprint density at radius 1 is 1.17 bits per heavy atom. The van der Waals surface area contributed by atoms with E-state index >= 15 is 0 Å². The number of halogens is 2. The van der Waals surface area contributed by atoms with E-state index in [2.05, 4.69) is 4.84 Å². The Morgan fingerprint density at radius 2 is 1.75 bits per heavy atom. The molecule has 1 aromatic rings. The van der Waals surface area contributed by atoms with Gasteiger partial charge in [0.2, 0.25) is 0 Å². The van der Waals surface area contributed by atoms with Crippen LogP contribution in [0, 0.1) is 0 Å². The monoisotopic (exact) mass is 205 g/mol. The molecule has 0 atom stereocenters. The fourth-order valence-corrected chi connectivity index (χ4v) is 1.50. The Morgan fingerprint density at radius 3 is 2.25 bits per heavy atom. The summed E-state index contributed by atoms with van der Waals surface area (Å²) in [7, 11) is 0. The van der Waals surface area contributed by atoms with Crippen LogP contribution in [-0.2, 0) is 11.3 Å². The molecule has 2 nitrogen and oxygen atoms in total. The highest BCUT2D eigenvalue weighted by molar-refractivity contribution is 6.34. The standard InChI is InChI=1S/C8H9Cl2NO/c9-7-3-6(1-2-12-11)4-8(10)5-7/h3-5H,1-2,11H2. The molecule has 0 aliphatic carbocycles. The van der Waals surface area contributed by atoms with Crippen molar-refractivity contribution in [3.8, 4) is 0 Å². The lowest BCUT2D eigenvalue weighted by molar-refractivity contribution is 0.141. The van der Waals surface area contributed by atoms with Crippen molar-refractivity contribution in [2.24, 2.45) is 5.90 Å². The van der Waals surface area contributed by atoms with Gasteiger partial charge >= 0.3 is 0 Å². The van der Waals surface area contributed by atoms with E-state index in [9.17, 15) is 0 Å². The van der Waals surface area contributed by atoms with Crippen molar-refractivity contribution in [2.75, 3.05) is 6.61 Å². The van der Waals surface area contributed by atoms with Crippen molar-refractivity contribution in [3.63, 3.8) is 0 Å². The highest BCUT2D eigenvalue weighted by Gasteiger charge is 1.97. The van der Waals surface area contributed by atoms with Crippen molar-refractivity contribution < 1.29 is 4.84 Å². The third-order valence-corrected chi connectivity index (χ3v) is 1.87. The maximum atomic E-state index is 5.77. The van der Waals surface area contributed by atoms with Crippen LogP contribution in [0.3, 0.4) is 0 Å².